The van der Waals surface area contributed by atoms with Crippen LogP contribution < -0.4 is 4.74 Å². The molecule has 0 aliphatic carbocycles. The van der Waals surface area contributed by atoms with Crippen LogP contribution in [0.2, 0.25) is 0 Å². The second-order valence-electron chi connectivity index (χ2n) is 6.29. The Bertz CT molecular complexity index is 691. The van der Waals surface area contributed by atoms with Gasteiger partial charge in [-0.25, -0.2) is 0 Å². The summed E-state index contributed by atoms with van der Waals surface area (Å²) in [7, 11) is 1.97. The number of aryl methyl sites for hydroxylation is 1. The zero-order valence-electron chi connectivity index (χ0n) is 13.5. The molecule has 1 fully saturated rings. The van der Waals surface area contributed by atoms with Crippen LogP contribution in [-0.4, -0.2) is 52.6 Å². The van der Waals surface area contributed by atoms with Crippen LogP contribution in [0.25, 0.3) is 10.9 Å². The van der Waals surface area contributed by atoms with Gasteiger partial charge in [0, 0.05) is 38.3 Å². The molecular formula is C17H21F3N2O2. The number of fused-ring (bicyclic) bond motifs is 1. The third-order valence-corrected chi connectivity index (χ3v) is 4.53. The summed E-state index contributed by atoms with van der Waals surface area (Å²) in [5, 5.41) is 10.2. The lowest BCUT2D eigenvalue weighted by Crippen LogP contribution is -2.45. The number of nitrogens with zero attached hydrogens (tertiary/aromatic N) is 2. The fraction of sp³-hybridized carbons (Fsp3) is 0.529. The van der Waals surface area contributed by atoms with Crippen LogP contribution in [0.1, 0.15) is 12.8 Å². The minimum absolute atomic E-state index is 0.0184. The maximum absolute atomic E-state index is 12.4. The van der Waals surface area contributed by atoms with Crippen molar-refractivity contribution in [1.82, 2.24) is 9.47 Å². The van der Waals surface area contributed by atoms with E-state index in [-0.39, 0.29) is 12.6 Å². The van der Waals surface area contributed by atoms with Gasteiger partial charge in [-0.1, -0.05) is 6.07 Å². The molecule has 1 N–H and O–H groups in total. The summed E-state index contributed by atoms with van der Waals surface area (Å²) in [5.41, 5.74) is 1.08. The van der Waals surface area contributed by atoms with Gasteiger partial charge in [0.05, 0.1) is 5.52 Å². The molecule has 0 amide bonds. The number of benzene rings is 1. The van der Waals surface area contributed by atoms with E-state index in [1.165, 1.54) is 0 Å². The summed E-state index contributed by atoms with van der Waals surface area (Å²) >= 11 is 0. The van der Waals surface area contributed by atoms with Crippen LogP contribution in [-0.2, 0) is 7.05 Å². The lowest BCUT2D eigenvalue weighted by Gasteiger charge is -2.33. The first-order chi connectivity index (χ1) is 11.3. The van der Waals surface area contributed by atoms with E-state index in [4.69, 9.17) is 9.84 Å². The summed E-state index contributed by atoms with van der Waals surface area (Å²) in [6.07, 6.45) is -3.60. The predicted molar refractivity (Wildman–Crippen MR) is 85.1 cm³/mol. The van der Waals surface area contributed by atoms with Crippen molar-refractivity contribution < 1.29 is 23.0 Å². The number of aliphatic hydroxyl groups excluding tert-OH is 1. The SMILES string of the molecule is Cn1ccc2c(OC3CCN(CC(O)C(F)(F)F)CC3)cccc21. The van der Waals surface area contributed by atoms with Crippen molar-refractivity contribution in [2.75, 3.05) is 19.6 Å². The number of rotatable bonds is 4. The van der Waals surface area contributed by atoms with Crippen molar-refractivity contribution in [3.05, 3.63) is 30.5 Å². The fourth-order valence-corrected chi connectivity index (χ4v) is 3.11. The minimum atomic E-state index is -4.56. The van der Waals surface area contributed by atoms with Gasteiger partial charge in [-0.2, -0.15) is 13.2 Å². The maximum Gasteiger partial charge on any atom is 0.415 e. The molecule has 2 heterocycles. The number of piperidine rings is 1. The van der Waals surface area contributed by atoms with E-state index < -0.39 is 12.3 Å². The third-order valence-electron chi connectivity index (χ3n) is 4.53. The number of hydrogen-bond acceptors (Lipinski definition) is 3. The van der Waals surface area contributed by atoms with Crippen LogP contribution in [0.3, 0.4) is 0 Å². The molecule has 1 unspecified atom stereocenters. The van der Waals surface area contributed by atoms with Gasteiger partial charge in [0.25, 0.3) is 0 Å². The average molecular weight is 342 g/mol. The molecule has 0 bridgehead atoms. The highest BCUT2D eigenvalue weighted by Crippen LogP contribution is 2.29. The average Bonchev–Trinajstić information content (AvgIpc) is 2.91. The van der Waals surface area contributed by atoms with Crippen molar-refractivity contribution in [1.29, 1.82) is 0 Å². The summed E-state index contributed by atoms with van der Waals surface area (Å²) < 4.78 is 45.3. The van der Waals surface area contributed by atoms with Gasteiger partial charge >= 0.3 is 6.18 Å². The molecule has 132 valence electrons. The summed E-state index contributed by atoms with van der Waals surface area (Å²) in [6, 6.07) is 7.87. The molecule has 7 heteroatoms. The summed E-state index contributed by atoms with van der Waals surface area (Å²) in [4.78, 5) is 1.64. The van der Waals surface area contributed by atoms with Crippen LogP contribution in [0, 0.1) is 0 Å². The van der Waals surface area contributed by atoms with Crippen LogP contribution in [0.15, 0.2) is 30.5 Å². The van der Waals surface area contributed by atoms with E-state index >= 15 is 0 Å². The third kappa shape index (κ3) is 3.67. The molecule has 24 heavy (non-hydrogen) atoms. The largest absolute Gasteiger partial charge is 0.490 e. The van der Waals surface area contributed by atoms with Crippen molar-refractivity contribution in [2.45, 2.75) is 31.2 Å². The molecule has 4 nitrogen and oxygen atoms in total. The van der Waals surface area contributed by atoms with Crippen molar-refractivity contribution in [2.24, 2.45) is 7.05 Å². The molecule has 3 rings (SSSR count). The van der Waals surface area contributed by atoms with Crippen LogP contribution >= 0.6 is 0 Å². The van der Waals surface area contributed by atoms with E-state index in [9.17, 15) is 13.2 Å². The van der Waals surface area contributed by atoms with E-state index in [2.05, 4.69) is 0 Å². The Hall–Kier alpha value is -1.73. The van der Waals surface area contributed by atoms with E-state index in [1.54, 1.807) is 4.90 Å². The smallest absolute Gasteiger partial charge is 0.415 e. The van der Waals surface area contributed by atoms with Gasteiger partial charge in [0.1, 0.15) is 11.9 Å². The van der Waals surface area contributed by atoms with Crippen molar-refractivity contribution in [3.63, 3.8) is 0 Å². The fourth-order valence-electron chi connectivity index (χ4n) is 3.11. The van der Waals surface area contributed by atoms with Gasteiger partial charge < -0.3 is 19.3 Å². The molecule has 0 radical (unpaired) electrons. The van der Waals surface area contributed by atoms with E-state index in [0.29, 0.717) is 25.9 Å². The molecule has 2 aromatic rings. The lowest BCUT2D eigenvalue weighted by atomic mass is 10.1. The normalized spacial score (nSPS) is 18.9. The molecule has 1 aromatic heterocycles. The number of hydrogen-bond donors (Lipinski definition) is 1. The monoisotopic (exact) mass is 342 g/mol. The Labute approximate surface area is 138 Å². The first-order valence-electron chi connectivity index (χ1n) is 8.02. The number of β-amino-alcohol motifs (C(OH)–C–C–N with tert-alkyl or cyclic N) is 1. The standard InChI is InChI=1S/C17H21F3N2O2/c1-21-8-7-13-14(21)3-2-4-15(13)24-12-5-9-22(10-6-12)11-16(23)17(18,19)20/h2-4,7-8,12,16,23H,5-6,9-11H2,1H3. The Kier molecular flexibility index (Phi) is 4.73. The second kappa shape index (κ2) is 6.64. The van der Waals surface area contributed by atoms with E-state index in [1.807, 2.05) is 42.1 Å². The highest BCUT2D eigenvalue weighted by molar-refractivity contribution is 5.86. The molecule has 1 aliphatic rings. The molecular weight excluding hydrogens is 321 g/mol. The first-order valence-corrected chi connectivity index (χ1v) is 8.02. The highest BCUT2D eigenvalue weighted by atomic mass is 19.4. The number of ether oxygens (including phenoxy) is 1. The number of halogens is 3. The summed E-state index contributed by atoms with van der Waals surface area (Å²) in [5.74, 6) is 0.807. The van der Waals surface area contributed by atoms with Gasteiger partial charge in [-0.3, -0.25) is 0 Å². The Morgan fingerprint density at radius 3 is 2.62 bits per heavy atom. The zero-order chi connectivity index (χ0) is 17.3. The van der Waals surface area contributed by atoms with Crippen LogP contribution in [0.4, 0.5) is 13.2 Å². The van der Waals surface area contributed by atoms with Gasteiger partial charge in [0.2, 0.25) is 0 Å². The zero-order valence-corrected chi connectivity index (χ0v) is 13.5. The summed E-state index contributed by atoms with van der Waals surface area (Å²) in [6.45, 7) is 0.607. The maximum atomic E-state index is 12.4. The number of aromatic nitrogens is 1. The quantitative estimate of drug-likeness (QED) is 0.928. The van der Waals surface area contributed by atoms with Gasteiger partial charge in [0.15, 0.2) is 6.10 Å². The van der Waals surface area contributed by atoms with Crippen molar-refractivity contribution >= 4 is 10.9 Å². The second-order valence-corrected chi connectivity index (χ2v) is 6.29. The van der Waals surface area contributed by atoms with Gasteiger partial charge in [-0.05, 0) is 31.0 Å². The number of likely N-dealkylation sites (tertiary alicyclic amines) is 1. The topological polar surface area (TPSA) is 37.6 Å². The molecule has 1 aliphatic heterocycles. The molecule has 1 saturated heterocycles. The highest BCUT2D eigenvalue weighted by Gasteiger charge is 2.39. The Morgan fingerprint density at radius 2 is 1.96 bits per heavy atom. The van der Waals surface area contributed by atoms with Gasteiger partial charge in [-0.15, -0.1) is 0 Å². The Balaban J connectivity index is 1.57. The number of alkyl halides is 3. The molecule has 0 saturated carbocycles. The lowest BCUT2D eigenvalue weighted by molar-refractivity contribution is -0.208. The first kappa shape index (κ1) is 17.1. The van der Waals surface area contributed by atoms with Crippen LogP contribution in [0.5, 0.6) is 5.75 Å². The molecule has 0 spiro atoms. The number of aliphatic hydroxyl groups is 1. The minimum Gasteiger partial charge on any atom is -0.490 e. The Morgan fingerprint density at radius 1 is 1.25 bits per heavy atom. The van der Waals surface area contributed by atoms with Crippen molar-refractivity contribution in [3.8, 4) is 5.75 Å². The molecule has 1 aromatic carbocycles. The van der Waals surface area contributed by atoms with E-state index in [0.717, 1.165) is 16.7 Å². The molecule has 1 atom stereocenters. The predicted octanol–water partition coefficient (Wildman–Crippen LogP) is 2.94.